The van der Waals surface area contributed by atoms with E-state index < -0.39 is 0 Å². The van der Waals surface area contributed by atoms with Crippen LogP contribution in [0, 0.1) is 0 Å². The van der Waals surface area contributed by atoms with E-state index in [0.717, 1.165) is 19.6 Å². The molecule has 0 bridgehead atoms. The van der Waals surface area contributed by atoms with Crippen LogP contribution in [-0.4, -0.2) is 50.2 Å². The van der Waals surface area contributed by atoms with Gasteiger partial charge in [-0.15, -0.1) is 0 Å². The van der Waals surface area contributed by atoms with Crippen molar-refractivity contribution < 1.29 is 4.79 Å². The highest BCUT2D eigenvalue weighted by molar-refractivity contribution is 5.78. The molecule has 1 aliphatic rings. The molecule has 0 radical (unpaired) electrons. The van der Waals surface area contributed by atoms with Gasteiger partial charge in [0.2, 0.25) is 5.91 Å². The first-order valence-corrected chi connectivity index (χ1v) is 4.14. The van der Waals surface area contributed by atoms with Crippen LogP contribution in [-0.2, 0) is 4.79 Å². The minimum absolute atomic E-state index is 0.0599. The molecular weight excluding hydrogens is 156 g/mol. The third kappa shape index (κ3) is 2.44. The molecule has 0 aromatic carbocycles. The van der Waals surface area contributed by atoms with Crippen LogP contribution in [0.1, 0.15) is 0 Å². The molecule has 0 aliphatic carbocycles. The van der Waals surface area contributed by atoms with Gasteiger partial charge in [0.25, 0.3) is 0 Å². The third-order valence-corrected chi connectivity index (χ3v) is 2.02. The molecule has 0 spiro atoms. The Morgan fingerprint density at radius 2 is 2.58 bits per heavy atom. The monoisotopic (exact) mass is 172 g/mol. The normalized spacial score (nSPS) is 25.3. The lowest BCUT2D eigenvalue weighted by molar-refractivity contribution is -0.121. The first-order valence-electron chi connectivity index (χ1n) is 4.14. The van der Waals surface area contributed by atoms with Crippen LogP contribution in [0.3, 0.4) is 0 Å². The SMILES string of the molecule is CN1CCNCC1NC(=O)CN. The predicted molar refractivity (Wildman–Crippen MR) is 46.5 cm³/mol. The van der Waals surface area contributed by atoms with Crippen molar-refractivity contribution in [1.82, 2.24) is 15.5 Å². The van der Waals surface area contributed by atoms with Gasteiger partial charge in [-0.2, -0.15) is 0 Å². The number of carbonyl (C=O) groups is 1. The number of hydrogen-bond donors (Lipinski definition) is 3. The number of piperazine rings is 1. The standard InChI is InChI=1S/C7H16N4O/c1-11-3-2-9-5-6(11)10-7(12)4-8/h6,9H,2-5,8H2,1H3,(H,10,12). The first-order chi connectivity index (χ1) is 5.74. The van der Waals surface area contributed by atoms with E-state index >= 15 is 0 Å². The molecule has 5 heteroatoms. The summed E-state index contributed by atoms with van der Waals surface area (Å²) in [6.45, 7) is 2.79. The Labute approximate surface area is 72.3 Å². The number of carbonyl (C=O) groups excluding carboxylic acids is 1. The number of likely N-dealkylation sites (N-methyl/N-ethyl adjacent to an activating group) is 1. The maximum Gasteiger partial charge on any atom is 0.234 e. The molecule has 12 heavy (non-hydrogen) atoms. The third-order valence-electron chi connectivity index (χ3n) is 2.02. The van der Waals surface area contributed by atoms with Crippen molar-refractivity contribution >= 4 is 5.91 Å². The molecule has 4 N–H and O–H groups in total. The second kappa shape index (κ2) is 4.39. The molecule has 0 saturated carbocycles. The average molecular weight is 172 g/mol. The van der Waals surface area contributed by atoms with Crippen LogP contribution < -0.4 is 16.4 Å². The van der Waals surface area contributed by atoms with E-state index in [2.05, 4.69) is 15.5 Å². The Morgan fingerprint density at radius 3 is 3.17 bits per heavy atom. The number of nitrogens with zero attached hydrogens (tertiary/aromatic N) is 1. The molecule has 1 atom stereocenters. The van der Waals surface area contributed by atoms with Crippen LogP contribution >= 0.6 is 0 Å². The molecular formula is C7H16N4O. The smallest absolute Gasteiger partial charge is 0.234 e. The highest BCUT2D eigenvalue weighted by Gasteiger charge is 2.19. The highest BCUT2D eigenvalue weighted by Crippen LogP contribution is 1.94. The summed E-state index contributed by atoms with van der Waals surface area (Å²) in [5, 5.41) is 6.02. The molecule has 0 aromatic heterocycles. The summed E-state index contributed by atoms with van der Waals surface area (Å²) < 4.78 is 0. The number of amides is 1. The summed E-state index contributed by atoms with van der Waals surface area (Å²) in [6.07, 6.45) is 0.0924. The van der Waals surface area contributed by atoms with E-state index in [1.807, 2.05) is 7.05 Å². The topological polar surface area (TPSA) is 70.4 Å². The molecule has 1 saturated heterocycles. The van der Waals surface area contributed by atoms with Gasteiger partial charge in [0, 0.05) is 19.6 Å². The molecule has 1 unspecified atom stereocenters. The lowest BCUT2D eigenvalue weighted by Crippen LogP contribution is -2.58. The molecule has 0 aromatic rings. The summed E-state index contributed by atoms with van der Waals surface area (Å²) in [6, 6.07) is 0. The van der Waals surface area contributed by atoms with Crippen LogP contribution in [0.15, 0.2) is 0 Å². The fourth-order valence-electron chi connectivity index (χ4n) is 1.21. The van der Waals surface area contributed by atoms with E-state index in [1.54, 1.807) is 0 Å². The van der Waals surface area contributed by atoms with Gasteiger partial charge in [-0.05, 0) is 7.05 Å². The summed E-state index contributed by atoms with van der Waals surface area (Å²) >= 11 is 0. The summed E-state index contributed by atoms with van der Waals surface area (Å²) in [7, 11) is 1.99. The summed E-state index contributed by atoms with van der Waals surface area (Å²) in [5.74, 6) is -0.101. The molecule has 1 fully saturated rings. The maximum atomic E-state index is 10.9. The van der Waals surface area contributed by atoms with Gasteiger partial charge in [-0.25, -0.2) is 0 Å². The fraction of sp³-hybridized carbons (Fsp3) is 0.857. The first kappa shape index (κ1) is 9.44. The van der Waals surface area contributed by atoms with E-state index in [-0.39, 0.29) is 18.6 Å². The number of hydrogen-bond acceptors (Lipinski definition) is 4. The van der Waals surface area contributed by atoms with Crippen molar-refractivity contribution in [2.75, 3.05) is 33.2 Å². The van der Waals surface area contributed by atoms with Crippen molar-refractivity contribution in [1.29, 1.82) is 0 Å². The Bertz CT molecular complexity index is 161. The Balaban J connectivity index is 2.33. The Morgan fingerprint density at radius 1 is 1.83 bits per heavy atom. The molecule has 1 heterocycles. The van der Waals surface area contributed by atoms with Crippen molar-refractivity contribution in [3.63, 3.8) is 0 Å². The second-order valence-corrected chi connectivity index (χ2v) is 2.97. The van der Waals surface area contributed by atoms with Crippen molar-refractivity contribution in [2.45, 2.75) is 6.17 Å². The molecule has 1 rings (SSSR count). The van der Waals surface area contributed by atoms with Gasteiger partial charge in [-0.3, -0.25) is 9.69 Å². The minimum atomic E-state index is -0.101. The van der Waals surface area contributed by atoms with Gasteiger partial charge in [0.1, 0.15) is 0 Å². The molecule has 1 amide bonds. The lowest BCUT2D eigenvalue weighted by atomic mass is 10.3. The van der Waals surface area contributed by atoms with Gasteiger partial charge in [0.15, 0.2) is 0 Å². The van der Waals surface area contributed by atoms with E-state index in [1.165, 1.54) is 0 Å². The van der Waals surface area contributed by atoms with Crippen LogP contribution in [0.25, 0.3) is 0 Å². The predicted octanol–water partition coefficient (Wildman–Crippen LogP) is -2.08. The largest absolute Gasteiger partial charge is 0.338 e. The van der Waals surface area contributed by atoms with Crippen LogP contribution in [0.5, 0.6) is 0 Å². The highest BCUT2D eigenvalue weighted by atomic mass is 16.2. The number of nitrogens with one attached hydrogen (secondary N) is 2. The molecule has 1 aliphatic heterocycles. The Kier molecular flexibility index (Phi) is 3.46. The van der Waals surface area contributed by atoms with E-state index in [4.69, 9.17) is 5.73 Å². The zero-order chi connectivity index (χ0) is 8.97. The minimum Gasteiger partial charge on any atom is -0.338 e. The van der Waals surface area contributed by atoms with Crippen LogP contribution in [0.4, 0.5) is 0 Å². The van der Waals surface area contributed by atoms with Crippen molar-refractivity contribution in [3.8, 4) is 0 Å². The number of nitrogens with two attached hydrogens (primary N) is 1. The summed E-state index contributed by atoms with van der Waals surface area (Å²) in [5.41, 5.74) is 5.18. The van der Waals surface area contributed by atoms with Crippen molar-refractivity contribution in [2.24, 2.45) is 5.73 Å². The van der Waals surface area contributed by atoms with Crippen molar-refractivity contribution in [3.05, 3.63) is 0 Å². The molecule has 70 valence electrons. The second-order valence-electron chi connectivity index (χ2n) is 2.97. The zero-order valence-electron chi connectivity index (χ0n) is 7.34. The van der Waals surface area contributed by atoms with E-state index in [0.29, 0.717) is 0 Å². The van der Waals surface area contributed by atoms with Gasteiger partial charge in [-0.1, -0.05) is 0 Å². The zero-order valence-corrected chi connectivity index (χ0v) is 7.34. The lowest BCUT2D eigenvalue weighted by Gasteiger charge is -2.33. The fourth-order valence-corrected chi connectivity index (χ4v) is 1.21. The van der Waals surface area contributed by atoms with Gasteiger partial charge >= 0.3 is 0 Å². The van der Waals surface area contributed by atoms with Crippen LogP contribution in [0.2, 0.25) is 0 Å². The average Bonchev–Trinajstić information content (AvgIpc) is 2.09. The number of rotatable bonds is 2. The maximum absolute atomic E-state index is 10.9. The van der Waals surface area contributed by atoms with E-state index in [9.17, 15) is 4.79 Å². The summed E-state index contributed by atoms with van der Waals surface area (Å²) in [4.78, 5) is 13.0. The Hall–Kier alpha value is -0.650. The van der Waals surface area contributed by atoms with Gasteiger partial charge < -0.3 is 16.4 Å². The van der Waals surface area contributed by atoms with Gasteiger partial charge in [0.05, 0.1) is 12.7 Å². The molecule has 5 nitrogen and oxygen atoms in total. The quantitative estimate of drug-likeness (QED) is 0.447.